The van der Waals surface area contributed by atoms with E-state index in [0.717, 1.165) is 17.2 Å². The summed E-state index contributed by atoms with van der Waals surface area (Å²) >= 11 is 0. The van der Waals surface area contributed by atoms with Crippen molar-refractivity contribution in [2.24, 2.45) is 0 Å². The number of benzene rings is 2. The Hall–Kier alpha value is -3.52. The van der Waals surface area contributed by atoms with Gasteiger partial charge in [0.05, 0.1) is 11.1 Å². The van der Waals surface area contributed by atoms with Crippen LogP contribution in [0.1, 0.15) is 27.9 Å². The number of aryl methyl sites for hydroxylation is 2. The molecule has 1 aromatic heterocycles. The number of terminal acetylenes is 1. The molecule has 3 rings (SSSR count). The first-order valence-corrected chi connectivity index (χ1v) is 8.40. The first-order chi connectivity index (χ1) is 13.1. The van der Waals surface area contributed by atoms with E-state index in [1.54, 1.807) is 24.5 Å². The van der Waals surface area contributed by atoms with Gasteiger partial charge in [-0.25, -0.2) is 19.2 Å². The average Bonchev–Trinajstić information content (AvgIpc) is 2.67. The molecule has 0 amide bonds. The normalized spacial score (nSPS) is 10.3. The van der Waals surface area contributed by atoms with Gasteiger partial charge in [0.2, 0.25) is 0 Å². The Balaban J connectivity index is 1.74. The van der Waals surface area contributed by atoms with Crippen molar-refractivity contribution in [1.82, 2.24) is 9.97 Å². The van der Waals surface area contributed by atoms with Crippen molar-refractivity contribution in [3.63, 3.8) is 0 Å². The second-order valence-corrected chi connectivity index (χ2v) is 6.02. The smallest absolute Gasteiger partial charge is 0.343 e. The first kappa shape index (κ1) is 18.3. The van der Waals surface area contributed by atoms with Crippen LogP contribution in [0.4, 0.5) is 4.39 Å². The Morgan fingerprint density at radius 3 is 2.48 bits per heavy atom. The maximum atomic E-state index is 14.4. The van der Waals surface area contributed by atoms with Gasteiger partial charge in [0.15, 0.2) is 5.82 Å². The Labute approximate surface area is 157 Å². The maximum absolute atomic E-state index is 14.4. The Kier molecular flexibility index (Phi) is 5.58. The minimum atomic E-state index is -0.569. The maximum Gasteiger partial charge on any atom is 0.343 e. The number of nitrogens with zero attached hydrogens (tertiary/aromatic N) is 2. The summed E-state index contributed by atoms with van der Waals surface area (Å²) < 4.78 is 19.7. The fourth-order valence-electron chi connectivity index (χ4n) is 2.44. The summed E-state index contributed by atoms with van der Waals surface area (Å²) in [5.74, 6) is 1.81. The zero-order valence-corrected chi connectivity index (χ0v) is 14.8. The number of hydrogen-bond donors (Lipinski definition) is 0. The van der Waals surface area contributed by atoms with E-state index in [1.807, 2.05) is 19.1 Å². The van der Waals surface area contributed by atoms with Gasteiger partial charge in [-0.05, 0) is 43.2 Å². The lowest BCUT2D eigenvalue weighted by atomic mass is 10.1. The number of hydrogen-bond acceptors (Lipinski definition) is 4. The molecule has 0 unspecified atom stereocenters. The summed E-state index contributed by atoms with van der Waals surface area (Å²) in [6.07, 6.45) is 9.76. The predicted molar refractivity (Wildman–Crippen MR) is 101 cm³/mol. The molecule has 0 atom stereocenters. The zero-order valence-electron chi connectivity index (χ0n) is 14.8. The van der Waals surface area contributed by atoms with Gasteiger partial charge >= 0.3 is 5.97 Å². The summed E-state index contributed by atoms with van der Waals surface area (Å²) in [6.45, 7) is 1.92. The summed E-state index contributed by atoms with van der Waals surface area (Å²) in [6, 6.07) is 11.1. The second-order valence-electron chi connectivity index (χ2n) is 6.02. The van der Waals surface area contributed by atoms with Gasteiger partial charge in [0.1, 0.15) is 11.6 Å². The lowest BCUT2D eigenvalue weighted by molar-refractivity contribution is 0.0734. The van der Waals surface area contributed by atoms with Crippen molar-refractivity contribution in [1.29, 1.82) is 0 Å². The zero-order chi connectivity index (χ0) is 19.2. The van der Waals surface area contributed by atoms with E-state index in [-0.39, 0.29) is 17.1 Å². The van der Waals surface area contributed by atoms with Gasteiger partial charge in [-0.1, -0.05) is 17.7 Å². The molecule has 1 heterocycles. The van der Waals surface area contributed by atoms with Crippen LogP contribution < -0.4 is 4.74 Å². The van der Waals surface area contributed by atoms with Crippen molar-refractivity contribution in [3.8, 4) is 29.5 Å². The van der Waals surface area contributed by atoms with Crippen LogP contribution >= 0.6 is 0 Å². The second kappa shape index (κ2) is 8.24. The van der Waals surface area contributed by atoms with Crippen LogP contribution in [-0.4, -0.2) is 15.9 Å². The number of rotatable bonds is 5. The van der Waals surface area contributed by atoms with Crippen LogP contribution in [-0.2, 0) is 6.42 Å². The van der Waals surface area contributed by atoms with Crippen molar-refractivity contribution in [2.45, 2.75) is 19.8 Å². The van der Waals surface area contributed by atoms with E-state index in [2.05, 4.69) is 15.9 Å². The van der Waals surface area contributed by atoms with E-state index in [0.29, 0.717) is 18.4 Å². The highest BCUT2D eigenvalue weighted by Crippen LogP contribution is 2.24. The lowest BCUT2D eigenvalue weighted by Gasteiger charge is -2.07. The minimum Gasteiger partial charge on any atom is -0.423 e. The Morgan fingerprint density at radius 2 is 1.85 bits per heavy atom. The van der Waals surface area contributed by atoms with E-state index >= 15 is 0 Å². The minimum absolute atomic E-state index is 0.118. The van der Waals surface area contributed by atoms with Crippen LogP contribution in [0.2, 0.25) is 0 Å². The quantitative estimate of drug-likeness (QED) is 0.385. The Morgan fingerprint density at radius 1 is 1.15 bits per heavy atom. The molecule has 134 valence electrons. The number of aromatic nitrogens is 2. The summed E-state index contributed by atoms with van der Waals surface area (Å²) in [4.78, 5) is 20.5. The van der Waals surface area contributed by atoms with E-state index in [9.17, 15) is 9.18 Å². The number of carbonyl (C=O) groups excluding carboxylic acids is 1. The van der Waals surface area contributed by atoms with Gasteiger partial charge in [-0.3, -0.25) is 0 Å². The summed E-state index contributed by atoms with van der Waals surface area (Å²) in [5, 5.41) is 0. The van der Waals surface area contributed by atoms with E-state index < -0.39 is 11.8 Å². The molecule has 0 aliphatic heterocycles. The summed E-state index contributed by atoms with van der Waals surface area (Å²) in [7, 11) is 0. The number of halogens is 1. The van der Waals surface area contributed by atoms with Crippen molar-refractivity contribution in [2.75, 3.05) is 0 Å². The van der Waals surface area contributed by atoms with Crippen LogP contribution in [0.3, 0.4) is 0 Å². The molecule has 4 nitrogen and oxygen atoms in total. The fourth-order valence-corrected chi connectivity index (χ4v) is 2.44. The molecule has 0 aliphatic rings. The van der Waals surface area contributed by atoms with E-state index in [1.165, 1.54) is 12.1 Å². The van der Waals surface area contributed by atoms with Crippen molar-refractivity contribution < 1.29 is 13.9 Å². The molecular weight excluding hydrogens is 343 g/mol. The van der Waals surface area contributed by atoms with Gasteiger partial charge in [-0.2, -0.15) is 0 Å². The molecule has 0 N–H and O–H groups in total. The van der Waals surface area contributed by atoms with Crippen LogP contribution in [0, 0.1) is 25.1 Å². The molecule has 0 fully saturated rings. The topological polar surface area (TPSA) is 52.1 Å². The average molecular weight is 360 g/mol. The molecule has 3 aromatic rings. The SMILES string of the molecule is C#CCCc1cnc(-c2ccc(OC(=O)c3ccc(C)cc3)cc2F)nc1. The number of esters is 1. The third kappa shape index (κ3) is 4.56. The van der Waals surface area contributed by atoms with Gasteiger partial charge < -0.3 is 4.74 Å². The standard InChI is InChI=1S/C22H17FN2O2/c1-3-4-5-16-13-24-21(25-14-16)19-11-10-18(12-20(19)23)27-22(26)17-8-6-15(2)7-9-17/h1,6-14H,4-5H2,2H3. The molecule has 0 saturated carbocycles. The van der Waals surface area contributed by atoms with Gasteiger partial charge in [-0.15, -0.1) is 12.3 Å². The number of ether oxygens (including phenoxy) is 1. The molecule has 0 bridgehead atoms. The van der Waals surface area contributed by atoms with Crippen molar-refractivity contribution in [3.05, 3.63) is 77.4 Å². The third-order valence-corrected chi connectivity index (χ3v) is 3.94. The molecule has 0 saturated heterocycles. The highest BCUT2D eigenvalue weighted by Gasteiger charge is 2.13. The largest absolute Gasteiger partial charge is 0.423 e. The molecule has 5 heteroatoms. The fraction of sp³-hybridized carbons (Fsp3) is 0.136. The van der Waals surface area contributed by atoms with Crippen molar-refractivity contribution >= 4 is 5.97 Å². The summed E-state index contributed by atoms with van der Waals surface area (Å²) in [5.41, 5.74) is 2.55. The highest BCUT2D eigenvalue weighted by molar-refractivity contribution is 5.91. The monoisotopic (exact) mass is 360 g/mol. The number of carbonyl (C=O) groups is 1. The highest BCUT2D eigenvalue weighted by atomic mass is 19.1. The first-order valence-electron chi connectivity index (χ1n) is 8.40. The van der Waals surface area contributed by atoms with Gasteiger partial charge in [0.25, 0.3) is 0 Å². The van der Waals surface area contributed by atoms with E-state index in [4.69, 9.17) is 11.2 Å². The molecule has 2 aromatic carbocycles. The predicted octanol–water partition coefficient (Wildman–Crippen LogP) is 4.38. The van der Waals surface area contributed by atoms with Crippen LogP contribution in [0.5, 0.6) is 5.75 Å². The molecule has 27 heavy (non-hydrogen) atoms. The van der Waals surface area contributed by atoms with Crippen LogP contribution in [0.25, 0.3) is 11.4 Å². The molecule has 0 aliphatic carbocycles. The lowest BCUT2D eigenvalue weighted by Crippen LogP contribution is -2.08. The van der Waals surface area contributed by atoms with Crippen LogP contribution in [0.15, 0.2) is 54.9 Å². The molecule has 0 spiro atoms. The van der Waals surface area contributed by atoms with Gasteiger partial charge in [0, 0.05) is 24.9 Å². The molecular formula is C22H17FN2O2. The Bertz CT molecular complexity index is 990. The molecule has 0 radical (unpaired) electrons. The third-order valence-electron chi connectivity index (χ3n) is 3.94.